The van der Waals surface area contributed by atoms with E-state index in [-0.39, 0.29) is 0 Å². The van der Waals surface area contributed by atoms with Crippen molar-refractivity contribution in [3.8, 4) is 11.5 Å². The molecule has 1 aromatic carbocycles. The quantitative estimate of drug-likeness (QED) is 0.668. The molecule has 0 aliphatic heterocycles. The van der Waals surface area contributed by atoms with E-state index >= 15 is 0 Å². The van der Waals surface area contributed by atoms with Crippen molar-refractivity contribution in [3.05, 3.63) is 46.4 Å². The van der Waals surface area contributed by atoms with Crippen molar-refractivity contribution in [3.63, 3.8) is 0 Å². The highest BCUT2D eigenvalue weighted by atomic mass is 35.5. The molecular weight excluding hydrogens is 311 g/mol. The summed E-state index contributed by atoms with van der Waals surface area (Å²) in [6.45, 7) is 6.79. The standard InChI is InChI=1S/C16H18Cl2O3/c1-4-19-14-7-12(13(17)8-15(14)20-5-2)16(18)11-6-10(3)21-9-11/h6-9,16H,4-5H2,1-3H3. The van der Waals surface area contributed by atoms with Crippen LogP contribution in [0.25, 0.3) is 0 Å². The van der Waals surface area contributed by atoms with Crippen LogP contribution < -0.4 is 9.47 Å². The van der Waals surface area contributed by atoms with Gasteiger partial charge in [-0.2, -0.15) is 0 Å². The highest BCUT2D eigenvalue weighted by Gasteiger charge is 2.20. The highest BCUT2D eigenvalue weighted by Crippen LogP contribution is 2.41. The summed E-state index contributed by atoms with van der Waals surface area (Å²) in [5.41, 5.74) is 1.63. The molecule has 0 aliphatic carbocycles. The molecule has 0 aliphatic rings. The Labute approximate surface area is 134 Å². The molecule has 0 amide bonds. The lowest BCUT2D eigenvalue weighted by Gasteiger charge is -2.16. The molecule has 1 heterocycles. The Balaban J connectivity index is 2.40. The van der Waals surface area contributed by atoms with Crippen molar-refractivity contribution in [2.45, 2.75) is 26.1 Å². The fourth-order valence-corrected chi connectivity index (χ4v) is 2.67. The summed E-state index contributed by atoms with van der Waals surface area (Å²) < 4.78 is 16.5. The summed E-state index contributed by atoms with van der Waals surface area (Å²) >= 11 is 12.8. The first-order chi connectivity index (χ1) is 10.1. The van der Waals surface area contributed by atoms with Crippen LogP contribution in [0.3, 0.4) is 0 Å². The number of benzene rings is 1. The van der Waals surface area contributed by atoms with Crippen LogP contribution >= 0.6 is 23.2 Å². The molecule has 1 atom stereocenters. The number of furan rings is 1. The predicted molar refractivity (Wildman–Crippen MR) is 84.9 cm³/mol. The number of rotatable bonds is 6. The molecule has 0 saturated carbocycles. The van der Waals surface area contributed by atoms with Crippen LogP contribution in [0.15, 0.2) is 28.9 Å². The monoisotopic (exact) mass is 328 g/mol. The summed E-state index contributed by atoms with van der Waals surface area (Å²) in [6, 6.07) is 5.47. The van der Waals surface area contributed by atoms with Gasteiger partial charge in [0, 0.05) is 16.7 Å². The largest absolute Gasteiger partial charge is 0.490 e. The first kappa shape index (κ1) is 16.1. The SMILES string of the molecule is CCOc1cc(Cl)c(C(Cl)c2coc(C)c2)cc1OCC. The third-order valence-electron chi connectivity index (χ3n) is 2.98. The maximum absolute atomic E-state index is 6.51. The van der Waals surface area contributed by atoms with Gasteiger partial charge in [0.1, 0.15) is 5.76 Å². The third kappa shape index (κ3) is 3.66. The molecule has 5 heteroatoms. The van der Waals surface area contributed by atoms with Crippen LogP contribution in [0, 0.1) is 6.92 Å². The maximum Gasteiger partial charge on any atom is 0.162 e. The van der Waals surface area contributed by atoms with Crippen LogP contribution in [0.2, 0.25) is 5.02 Å². The van der Waals surface area contributed by atoms with Crippen LogP contribution in [-0.2, 0) is 0 Å². The van der Waals surface area contributed by atoms with E-state index in [2.05, 4.69) is 0 Å². The summed E-state index contributed by atoms with van der Waals surface area (Å²) in [6.07, 6.45) is 1.64. The van der Waals surface area contributed by atoms with Gasteiger partial charge in [-0.3, -0.25) is 0 Å². The minimum atomic E-state index is -0.398. The zero-order valence-electron chi connectivity index (χ0n) is 12.3. The lowest BCUT2D eigenvalue weighted by atomic mass is 10.1. The topological polar surface area (TPSA) is 31.6 Å². The predicted octanol–water partition coefficient (Wildman–Crippen LogP) is 5.37. The average Bonchev–Trinajstić information content (AvgIpc) is 2.88. The van der Waals surface area contributed by atoms with E-state index in [4.69, 9.17) is 37.1 Å². The highest BCUT2D eigenvalue weighted by molar-refractivity contribution is 6.33. The second kappa shape index (κ2) is 7.10. The van der Waals surface area contributed by atoms with E-state index in [0.29, 0.717) is 29.7 Å². The zero-order chi connectivity index (χ0) is 15.4. The summed E-state index contributed by atoms with van der Waals surface area (Å²) in [5, 5.41) is 0.144. The van der Waals surface area contributed by atoms with Crippen molar-refractivity contribution >= 4 is 23.2 Å². The second-order valence-corrected chi connectivity index (χ2v) is 5.38. The van der Waals surface area contributed by atoms with E-state index in [1.165, 1.54) is 0 Å². The number of hydrogen-bond acceptors (Lipinski definition) is 3. The Morgan fingerprint density at radius 2 is 1.71 bits per heavy atom. The fourth-order valence-electron chi connectivity index (χ4n) is 2.06. The van der Waals surface area contributed by atoms with Gasteiger partial charge in [-0.05, 0) is 38.5 Å². The molecule has 21 heavy (non-hydrogen) atoms. The molecule has 2 aromatic rings. The van der Waals surface area contributed by atoms with Crippen molar-refractivity contribution in [2.75, 3.05) is 13.2 Å². The zero-order valence-corrected chi connectivity index (χ0v) is 13.8. The van der Waals surface area contributed by atoms with Crippen molar-refractivity contribution < 1.29 is 13.9 Å². The maximum atomic E-state index is 6.51. The molecule has 114 valence electrons. The van der Waals surface area contributed by atoms with Gasteiger partial charge in [0.2, 0.25) is 0 Å². The van der Waals surface area contributed by atoms with Crippen molar-refractivity contribution in [1.82, 2.24) is 0 Å². The lowest BCUT2D eigenvalue weighted by Crippen LogP contribution is -2.01. The molecule has 1 aromatic heterocycles. The summed E-state index contributed by atoms with van der Waals surface area (Å²) in [7, 11) is 0. The molecule has 3 nitrogen and oxygen atoms in total. The Morgan fingerprint density at radius 3 is 2.24 bits per heavy atom. The molecule has 0 fully saturated rings. The number of halogens is 2. The molecular formula is C16H18Cl2O3. The fraction of sp³-hybridized carbons (Fsp3) is 0.375. The van der Waals surface area contributed by atoms with E-state index in [9.17, 15) is 0 Å². The van der Waals surface area contributed by atoms with Gasteiger partial charge in [0.05, 0.1) is 24.9 Å². The Kier molecular flexibility index (Phi) is 5.43. The minimum Gasteiger partial charge on any atom is -0.490 e. The van der Waals surface area contributed by atoms with Gasteiger partial charge in [-0.15, -0.1) is 11.6 Å². The van der Waals surface area contributed by atoms with Gasteiger partial charge in [-0.1, -0.05) is 11.6 Å². The van der Waals surface area contributed by atoms with E-state index in [0.717, 1.165) is 16.9 Å². The smallest absolute Gasteiger partial charge is 0.162 e. The van der Waals surface area contributed by atoms with E-state index < -0.39 is 5.38 Å². The van der Waals surface area contributed by atoms with E-state index in [1.54, 1.807) is 12.3 Å². The first-order valence-corrected chi connectivity index (χ1v) is 7.66. The number of alkyl halides is 1. The molecule has 0 spiro atoms. The number of hydrogen-bond donors (Lipinski definition) is 0. The van der Waals surface area contributed by atoms with Gasteiger partial charge in [-0.25, -0.2) is 0 Å². The van der Waals surface area contributed by atoms with Crippen molar-refractivity contribution in [1.29, 1.82) is 0 Å². The van der Waals surface area contributed by atoms with Gasteiger partial charge in [0.15, 0.2) is 11.5 Å². The molecule has 0 N–H and O–H groups in total. The average molecular weight is 329 g/mol. The summed E-state index contributed by atoms with van der Waals surface area (Å²) in [4.78, 5) is 0. The Hall–Kier alpha value is -1.32. The van der Waals surface area contributed by atoms with Gasteiger partial charge in [0.25, 0.3) is 0 Å². The number of ether oxygens (including phenoxy) is 2. The molecule has 0 bridgehead atoms. The Bertz CT molecular complexity index is 608. The molecule has 2 rings (SSSR count). The van der Waals surface area contributed by atoms with Crippen LogP contribution in [0.1, 0.15) is 36.1 Å². The van der Waals surface area contributed by atoms with Crippen molar-refractivity contribution in [2.24, 2.45) is 0 Å². The van der Waals surface area contributed by atoms with Gasteiger partial charge < -0.3 is 13.9 Å². The molecule has 0 saturated heterocycles. The normalized spacial score (nSPS) is 12.2. The first-order valence-electron chi connectivity index (χ1n) is 6.84. The molecule has 1 unspecified atom stereocenters. The van der Waals surface area contributed by atoms with Crippen LogP contribution in [0.5, 0.6) is 11.5 Å². The summed E-state index contributed by atoms with van der Waals surface area (Å²) in [5.74, 6) is 2.08. The lowest BCUT2D eigenvalue weighted by molar-refractivity contribution is 0.287. The van der Waals surface area contributed by atoms with Crippen LogP contribution in [-0.4, -0.2) is 13.2 Å². The third-order valence-corrected chi connectivity index (χ3v) is 3.79. The second-order valence-electron chi connectivity index (χ2n) is 4.54. The number of aryl methyl sites for hydroxylation is 1. The van der Waals surface area contributed by atoms with Crippen LogP contribution in [0.4, 0.5) is 0 Å². The van der Waals surface area contributed by atoms with Gasteiger partial charge >= 0.3 is 0 Å². The molecule has 0 radical (unpaired) electrons. The Morgan fingerprint density at radius 1 is 1.10 bits per heavy atom. The van der Waals surface area contributed by atoms with E-state index in [1.807, 2.05) is 32.9 Å². The minimum absolute atomic E-state index is 0.398.